The van der Waals surface area contributed by atoms with Crippen molar-refractivity contribution in [2.24, 2.45) is 13.0 Å². The number of hydrogen-bond acceptors (Lipinski definition) is 6. The topological polar surface area (TPSA) is 96.1 Å². The standard InChI is InChI=1S/C21H26N6O3/c1-13(14-7-19(28)22-9-14)30-21-20-18(23-12-26(20)2)8-17(25-21)15-10-24-27(11-15)16-3-5-29-6-4-16/h8,10-14,16H,3-7,9H2,1-2H3,(H,22,28). The van der Waals surface area contributed by atoms with E-state index in [1.165, 1.54) is 0 Å². The quantitative estimate of drug-likeness (QED) is 0.692. The fourth-order valence-electron chi connectivity index (χ4n) is 4.22. The second-order valence-corrected chi connectivity index (χ2v) is 8.18. The number of imidazole rings is 1. The van der Waals surface area contributed by atoms with Crippen LogP contribution in [-0.4, -0.2) is 56.1 Å². The van der Waals surface area contributed by atoms with Crippen LogP contribution in [0.1, 0.15) is 32.2 Å². The maximum atomic E-state index is 11.6. The number of fused-ring (bicyclic) bond motifs is 1. The highest BCUT2D eigenvalue weighted by molar-refractivity contribution is 5.84. The molecule has 0 bridgehead atoms. The van der Waals surface area contributed by atoms with Gasteiger partial charge in [0, 0.05) is 50.9 Å². The van der Waals surface area contributed by atoms with Gasteiger partial charge in [-0.3, -0.25) is 9.48 Å². The molecule has 3 aromatic heterocycles. The number of ether oxygens (including phenoxy) is 2. The average Bonchev–Trinajstić information content (AvgIpc) is 3.49. The Balaban J connectivity index is 1.46. The molecule has 30 heavy (non-hydrogen) atoms. The monoisotopic (exact) mass is 410 g/mol. The summed E-state index contributed by atoms with van der Waals surface area (Å²) < 4.78 is 15.7. The minimum atomic E-state index is -0.144. The van der Waals surface area contributed by atoms with Crippen molar-refractivity contribution in [2.75, 3.05) is 19.8 Å². The lowest BCUT2D eigenvalue weighted by molar-refractivity contribution is -0.119. The number of aromatic nitrogens is 5. The number of amides is 1. The van der Waals surface area contributed by atoms with E-state index in [-0.39, 0.29) is 17.9 Å². The summed E-state index contributed by atoms with van der Waals surface area (Å²) in [6.45, 7) is 4.16. The SMILES string of the molecule is CC(Oc1nc(-c2cnn(C3CCOCC3)c2)cc2ncn(C)c12)C1CNC(=O)C1. The first-order valence-electron chi connectivity index (χ1n) is 10.5. The van der Waals surface area contributed by atoms with Crippen LogP contribution in [0.15, 0.2) is 24.8 Å². The summed E-state index contributed by atoms with van der Waals surface area (Å²) >= 11 is 0. The van der Waals surface area contributed by atoms with Crippen molar-refractivity contribution in [1.82, 2.24) is 29.6 Å². The Morgan fingerprint density at radius 1 is 1.33 bits per heavy atom. The predicted molar refractivity (Wildman–Crippen MR) is 110 cm³/mol. The molecule has 2 unspecified atom stereocenters. The average molecular weight is 410 g/mol. The summed E-state index contributed by atoms with van der Waals surface area (Å²) in [7, 11) is 1.93. The molecule has 9 nitrogen and oxygen atoms in total. The summed E-state index contributed by atoms with van der Waals surface area (Å²) in [4.78, 5) is 20.9. The molecule has 2 atom stereocenters. The number of aryl methyl sites for hydroxylation is 1. The molecular weight excluding hydrogens is 384 g/mol. The van der Waals surface area contributed by atoms with Crippen LogP contribution in [0, 0.1) is 5.92 Å². The molecule has 0 saturated carbocycles. The summed E-state index contributed by atoms with van der Waals surface area (Å²) in [6.07, 6.45) is 7.92. The number of rotatable bonds is 5. The second kappa shape index (κ2) is 7.71. The number of carbonyl (C=O) groups is 1. The van der Waals surface area contributed by atoms with Crippen LogP contribution in [0.2, 0.25) is 0 Å². The van der Waals surface area contributed by atoms with Gasteiger partial charge in [-0.25, -0.2) is 9.97 Å². The van der Waals surface area contributed by atoms with Crippen molar-refractivity contribution in [2.45, 2.75) is 38.3 Å². The number of hydrogen-bond donors (Lipinski definition) is 1. The normalized spacial score (nSPS) is 21.1. The molecule has 0 radical (unpaired) electrons. The van der Waals surface area contributed by atoms with Crippen LogP contribution in [-0.2, 0) is 16.6 Å². The van der Waals surface area contributed by atoms with Crippen molar-refractivity contribution in [3.8, 4) is 17.1 Å². The van der Waals surface area contributed by atoms with E-state index >= 15 is 0 Å². The molecule has 5 rings (SSSR count). The molecule has 2 fully saturated rings. The summed E-state index contributed by atoms with van der Waals surface area (Å²) in [5, 5.41) is 7.45. The Morgan fingerprint density at radius 2 is 2.17 bits per heavy atom. The Kier molecular flexibility index (Phi) is 4.90. The first-order valence-corrected chi connectivity index (χ1v) is 10.5. The molecule has 158 valence electrons. The van der Waals surface area contributed by atoms with E-state index < -0.39 is 0 Å². The Morgan fingerprint density at radius 3 is 2.93 bits per heavy atom. The molecule has 1 amide bonds. The van der Waals surface area contributed by atoms with Gasteiger partial charge in [-0.2, -0.15) is 5.10 Å². The summed E-state index contributed by atoms with van der Waals surface area (Å²) in [5.74, 6) is 0.735. The molecule has 2 aliphatic rings. The van der Waals surface area contributed by atoms with Crippen molar-refractivity contribution < 1.29 is 14.3 Å². The van der Waals surface area contributed by atoms with Gasteiger partial charge in [0.15, 0.2) is 0 Å². The highest BCUT2D eigenvalue weighted by atomic mass is 16.5. The molecule has 1 N–H and O–H groups in total. The summed E-state index contributed by atoms with van der Waals surface area (Å²) in [5.41, 5.74) is 3.38. The van der Waals surface area contributed by atoms with Crippen molar-refractivity contribution in [3.05, 3.63) is 24.8 Å². The van der Waals surface area contributed by atoms with Crippen LogP contribution < -0.4 is 10.1 Å². The van der Waals surface area contributed by atoms with E-state index in [0.717, 1.165) is 48.3 Å². The van der Waals surface area contributed by atoms with Crippen LogP contribution >= 0.6 is 0 Å². The fourth-order valence-corrected chi connectivity index (χ4v) is 4.22. The van der Waals surface area contributed by atoms with Gasteiger partial charge < -0.3 is 19.4 Å². The van der Waals surface area contributed by atoms with Crippen LogP contribution in [0.4, 0.5) is 0 Å². The fraction of sp³-hybridized carbons (Fsp3) is 0.524. The maximum Gasteiger partial charge on any atom is 0.241 e. The molecule has 9 heteroatoms. The van der Waals surface area contributed by atoms with Gasteiger partial charge in [-0.15, -0.1) is 0 Å². The van der Waals surface area contributed by atoms with E-state index in [0.29, 0.717) is 24.9 Å². The van der Waals surface area contributed by atoms with Gasteiger partial charge in [0.1, 0.15) is 11.6 Å². The first-order chi connectivity index (χ1) is 14.6. The first kappa shape index (κ1) is 19.0. The van der Waals surface area contributed by atoms with E-state index in [2.05, 4.69) is 15.4 Å². The Hall–Kier alpha value is -2.94. The molecule has 0 aliphatic carbocycles. The maximum absolute atomic E-state index is 11.6. The zero-order valence-electron chi connectivity index (χ0n) is 17.2. The summed E-state index contributed by atoms with van der Waals surface area (Å²) in [6, 6.07) is 2.33. The van der Waals surface area contributed by atoms with Gasteiger partial charge in [0.25, 0.3) is 0 Å². The lowest BCUT2D eigenvalue weighted by atomic mass is 10.0. The molecule has 0 spiro atoms. The molecule has 2 aliphatic heterocycles. The third-order valence-electron chi connectivity index (χ3n) is 6.10. The van der Waals surface area contributed by atoms with Gasteiger partial charge in [-0.05, 0) is 25.8 Å². The lowest BCUT2D eigenvalue weighted by Gasteiger charge is -2.22. The number of carbonyl (C=O) groups excluding carboxylic acids is 1. The van der Waals surface area contributed by atoms with E-state index in [9.17, 15) is 4.79 Å². The Bertz CT molecular complexity index is 1070. The predicted octanol–water partition coefficient (Wildman–Crippen LogP) is 2.09. The molecule has 5 heterocycles. The largest absolute Gasteiger partial charge is 0.473 e. The molecule has 0 aromatic carbocycles. The van der Waals surface area contributed by atoms with E-state index in [1.807, 2.05) is 41.7 Å². The third-order valence-corrected chi connectivity index (χ3v) is 6.10. The van der Waals surface area contributed by atoms with Gasteiger partial charge in [0.05, 0.1) is 29.8 Å². The van der Waals surface area contributed by atoms with Crippen molar-refractivity contribution in [1.29, 1.82) is 0 Å². The minimum Gasteiger partial charge on any atom is -0.473 e. The van der Waals surface area contributed by atoms with Crippen molar-refractivity contribution >= 4 is 16.9 Å². The molecular formula is C21H26N6O3. The second-order valence-electron chi connectivity index (χ2n) is 8.18. The highest BCUT2D eigenvalue weighted by Crippen LogP contribution is 2.31. The number of nitrogens with one attached hydrogen (secondary N) is 1. The van der Waals surface area contributed by atoms with Crippen molar-refractivity contribution in [3.63, 3.8) is 0 Å². The zero-order valence-corrected chi connectivity index (χ0v) is 17.2. The molecule has 2 saturated heterocycles. The highest BCUT2D eigenvalue weighted by Gasteiger charge is 2.29. The van der Waals surface area contributed by atoms with E-state index in [4.69, 9.17) is 14.5 Å². The van der Waals surface area contributed by atoms with Gasteiger partial charge >= 0.3 is 0 Å². The number of nitrogens with zero attached hydrogens (tertiary/aromatic N) is 5. The third kappa shape index (κ3) is 3.54. The lowest BCUT2D eigenvalue weighted by Crippen LogP contribution is -2.26. The number of pyridine rings is 1. The molecule has 3 aromatic rings. The zero-order chi connectivity index (χ0) is 20.7. The van der Waals surface area contributed by atoms with Gasteiger partial charge in [0.2, 0.25) is 11.8 Å². The van der Waals surface area contributed by atoms with Crippen LogP contribution in [0.25, 0.3) is 22.3 Å². The van der Waals surface area contributed by atoms with Crippen LogP contribution in [0.5, 0.6) is 5.88 Å². The van der Waals surface area contributed by atoms with Gasteiger partial charge in [-0.1, -0.05) is 0 Å². The smallest absolute Gasteiger partial charge is 0.241 e. The van der Waals surface area contributed by atoms with Crippen LogP contribution in [0.3, 0.4) is 0 Å². The van der Waals surface area contributed by atoms with E-state index in [1.54, 1.807) is 6.33 Å². The minimum absolute atomic E-state index is 0.0726. The Labute approximate surface area is 174 Å².